The third kappa shape index (κ3) is 3.48. The molecular weight excluding hydrogens is 256 g/mol. The number of para-hydroxylation sites is 1. The molecule has 5 nitrogen and oxygen atoms in total. The van der Waals surface area contributed by atoms with Crippen LogP contribution < -0.4 is 5.73 Å². The summed E-state index contributed by atoms with van der Waals surface area (Å²) < 4.78 is 5.91. The Bertz CT molecular complexity index is 476. The van der Waals surface area contributed by atoms with E-state index >= 15 is 0 Å². The van der Waals surface area contributed by atoms with Gasteiger partial charge in [0.25, 0.3) is 5.69 Å². The standard InChI is InChI=1S/C15H22N2O3/c1-2-11-5-3-7-13(9-11)20-10-12-6-4-8-14(15(12)16)17(18)19/h4,6,8,11,13H,2-3,5,7,9-10,16H2,1H3. The molecule has 0 radical (unpaired) electrons. The molecule has 2 unspecified atom stereocenters. The van der Waals surface area contributed by atoms with Crippen molar-refractivity contribution in [3.05, 3.63) is 33.9 Å². The minimum absolute atomic E-state index is 0.0406. The average Bonchev–Trinajstić information content (AvgIpc) is 2.46. The Morgan fingerprint density at radius 1 is 1.45 bits per heavy atom. The summed E-state index contributed by atoms with van der Waals surface area (Å²) in [5.41, 5.74) is 6.72. The van der Waals surface area contributed by atoms with E-state index in [2.05, 4.69) is 6.92 Å². The number of nitrogens with zero attached hydrogens (tertiary/aromatic N) is 1. The average molecular weight is 278 g/mol. The Labute approximate surface area is 119 Å². The van der Waals surface area contributed by atoms with Gasteiger partial charge in [-0.15, -0.1) is 0 Å². The lowest BCUT2D eigenvalue weighted by Gasteiger charge is -2.28. The van der Waals surface area contributed by atoms with Gasteiger partial charge in [0.2, 0.25) is 0 Å². The maximum Gasteiger partial charge on any atom is 0.292 e. The molecule has 1 fully saturated rings. The zero-order valence-electron chi connectivity index (χ0n) is 11.9. The molecule has 0 heterocycles. The fourth-order valence-electron chi connectivity index (χ4n) is 2.86. The molecule has 0 aliphatic heterocycles. The predicted octanol–water partition coefficient (Wildman–Crippen LogP) is 3.66. The van der Waals surface area contributed by atoms with Gasteiger partial charge in [-0.05, 0) is 18.8 Å². The van der Waals surface area contributed by atoms with Gasteiger partial charge in [0.1, 0.15) is 5.69 Å². The SMILES string of the molecule is CCC1CCCC(OCc2cccc([N+](=O)[O-])c2N)C1. The van der Waals surface area contributed by atoms with Crippen molar-refractivity contribution >= 4 is 11.4 Å². The van der Waals surface area contributed by atoms with Crippen molar-refractivity contribution in [1.29, 1.82) is 0 Å². The molecule has 2 atom stereocenters. The van der Waals surface area contributed by atoms with Gasteiger partial charge in [-0.3, -0.25) is 10.1 Å². The normalized spacial score (nSPS) is 22.6. The highest BCUT2D eigenvalue weighted by molar-refractivity contribution is 5.62. The molecule has 5 heteroatoms. The number of ether oxygens (including phenoxy) is 1. The molecule has 1 aromatic rings. The maximum atomic E-state index is 10.8. The van der Waals surface area contributed by atoms with Crippen molar-refractivity contribution in [2.24, 2.45) is 5.92 Å². The first-order valence-electron chi connectivity index (χ1n) is 7.25. The summed E-state index contributed by atoms with van der Waals surface area (Å²) in [6.07, 6.45) is 6.10. The molecule has 110 valence electrons. The molecule has 0 saturated heterocycles. The number of nitrogen functional groups attached to an aromatic ring is 1. The quantitative estimate of drug-likeness (QED) is 0.506. The Morgan fingerprint density at radius 2 is 2.25 bits per heavy atom. The summed E-state index contributed by atoms with van der Waals surface area (Å²) in [7, 11) is 0. The lowest BCUT2D eigenvalue weighted by atomic mass is 9.85. The van der Waals surface area contributed by atoms with Crippen molar-refractivity contribution in [2.45, 2.75) is 51.7 Å². The highest BCUT2D eigenvalue weighted by atomic mass is 16.6. The van der Waals surface area contributed by atoms with Gasteiger partial charge in [0, 0.05) is 11.6 Å². The lowest BCUT2D eigenvalue weighted by Crippen LogP contribution is -2.22. The van der Waals surface area contributed by atoms with Crippen molar-refractivity contribution in [3.63, 3.8) is 0 Å². The van der Waals surface area contributed by atoms with Crippen molar-refractivity contribution in [2.75, 3.05) is 5.73 Å². The number of nitro groups is 1. The fourth-order valence-corrected chi connectivity index (χ4v) is 2.86. The summed E-state index contributed by atoms with van der Waals surface area (Å²) >= 11 is 0. The minimum atomic E-state index is -0.452. The third-order valence-corrected chi connectivity index (χ3v) is 4.16. The van der Waals surface area contributed by atoms with Crippen molar-refractivity contribution in [1.82, 2.24) is 0 Å². The molecule has 20 heavy (non-hydrogen) atoms. The van der Waals surface area contributed by atoms with Gasteiger partial charge in [0.05, 0.1) is 17.6 Å². The highest BCUT2D eigenvalue weighted by Gasteiger charge is 2.22. The van der Waals surface area contributed by atoms with E-state index < -0.39 is 4.92 Å². The molecule has 1 aliphatic carbocycles. The van der Waals surface area contributed by atoms with Crippen LogP contribution in [0.15, 0.2) is 18.2 Å². The van der Waals surface area contributed by atoms with Gasteiger partial charge >= 0.3 is 0 Å². The largest absolute Gasteiger partial charge is 0.393 e. The minimum Gasteiger partial charge on any atom is -0.393 e. The first-order chi connectivity index (χ1) is 9.61. The zero-order chi connectivity index (χ0) is 14.5. The zero-order valence-corrected chi connectivity index (χ0v) is 11.9. The Hall–Kier alpha value is -1.62. The number of hydrogen-bond donors (Lipinski definition) is 1. The van der Waals surface area contributed by atoms with E-state index in [0.29, 0.717) is 12.2 Å². The van der Waals surface area contributed by atoms with Crippen LogP contribution in [0.1, 0.15) is 44.6 Å². The van der Waals surface area contributed by atoms with Crippen LogP contribution >= 0.6 is 0 Å². The molecule has 0 bridgehead atoms. The second-order valence-electron chi connectivity index (χ2n) is 5.48. The molecule has 1 saturated carbocycles. The Kier molecular flexibility index (Phi) is 4.95. The molecule has 2 N–H and O–H groups in total. The van der Waals surface area contributed by atoms with Crippen molar-refractivity contribution < 1.29 is 9.66 Å². The number of nitro benzene ring substituents is 1. The number of benzene rings is 1. The summed E-state index contributed by atoms with van der Waals surface area (Å²) in [4.78, 5) is 10.4. The van der Waals surface area contributed by atoms with E-state index in [9.17, 15) is 10.1 Å². The van der Waals surface area contributed by atoms with E-state index in [1.54, 1.807) is 12.1 Å². The Balaban J connectivity index is 1.97. The predicted molar refractivity (Wildman–Crippen MR) is 78.3 cm³/mol. The summed E-state index contributed by atoms with van der Waals surface area (Å²) in [6.45, 7) is 2.57. The second-order valence-corrected chi connectivity index (χ2v) is 5.48. The fraction of sp³-hybridized carbons (Fsp3) is 0.600. The first-order valence-corrected chi connectivity index (χ1v) is 7.25. The van der Waals surface area contributed by atoms with E-state index in [-0.39, 0.29) is 17.5 Å². The van der Waals surface area contributed by atoms with Gasteiger partial charge in [-0.2, -0.15) is 0 Å². The molecule has 0 amide bonds. The van der Waals surface area contributed by atoms with E-state index in [4.69, 9.17) is 10.5 Å². The third-order valence-electron chi connectivity index (χ3n) is 4.16. The van der Waals surface area contributed by atoms with Crippen LogP contribution in [0.4, 0.5) is 11.4 Å². The van der Waals surface area contributed by atoms with Crippen LogP contribution in [-0.2, 0) is 11.3 Å². The van der Waals surface area contributed by atoms with E-state index in [1.807, 2.05) is 0 Å². The summed E-state index contributed by atoms with van der Waals surface area (Å²) in [5.74, 6) is 0.746. The summed E-state index contributed by atoms with van der Waals surface area (Å²) in [6, 6.07) is 4.87. The lowest BCUT2D eigenvalue weighted by molar-refractivity contribution is -0.384. The van der Waals surface area contributed by atoms with Crippen LogP contribution in [0, 0.1) is 16.0 Å². The number of rotatable bonds is 5. The van der Waals surface area contributed by atoms with Crippen LogP contribution in [0.5, 0.6) is 0 Å². The van der Waals surface area contributed by atoms with Gasteiger partial charge in [0.15, 0.2) is 0 Å². The molecule has 1 aromatic carbocycles. The van der Waals surface area contributed by atoms with E-state index in [0.717, 1.165) is 18.8 Å². The van der Waals surface area contributed by atoms with E-state index in [1.165, 1.54) is 25.3 Å². The van der Waals surface area contributed by atoms with Crippen LogP contribution in [0.2, 0.25) is 0 Å². The van der Waals surface area contributed by atoms with Gasteiger partial charge < -0.3 is 10.5 Å². The maximum absolute atomic E-state index is 10.8. The molecule has 0 spiro atoms. The van der Waals surface area contributed by atoms with Crippen LogP contribution in [-0.4, -0.2) is 11.0 Å². The topological polar surface area (TPSA) is 78.4 Å². The van der Waals surface area contributed by atoms with Crippen LogP contribution in [0.25, 0.3) is 0 Å². The Morgan fingerprint density at radius 3 is 2.95 bits per heavy atom. The smallest absolute Gasteiger partial charge is 0.292 e. The monoisotopic (exact) mass is 278 g/mol. The van der Waals surface area contributed by atoms with Crippen LogP contribution in [0.3, 0.4) is 0 Å². The number of hydrogen-bond acceptors (Lipinski definition) is 4. The molecular formula is C15H22N2O3. The highest BCUT2D eigenvalue weighted by Crippen LogP contribution is 2.30. The second kappa shape index (κ2) is 6.70. The molecule has 2 rings (SSSR count). The molecule has 0 aromatic heterocycles. The number of anilines is 1. The summed E-state index contributed by atoms with van der Waals surface area (Å²) in [5, 5.41) is 10.8. The number of nitrogens with two attached hydrogens (primary N) is 1. The van der Waals surface area contributed by atoms with Crippen molar-refractivity contribution in [3.8, 4) is 0 Å². The first kappa shape index (κ1) is 14.8. The van der Waals surface area contributed by atoms with Gasteiger partial charge in [-0.25, -0.2) is 0 Å². The van der Waals surface area contributed by atoms with Gasteiger partial charge in [-0.1, -0.05) is 38.3 Å². The molecule has 1 aliphatic rings.